The minimum atomic E-state index is 0.963. The number of nitrogens with one attached hydrogen (secondary N) is 1. The van der Waals surface area contributed by atoms with Crippen LogP contribution in [-0.4, -0.2) is 41.0 Å². The molecule has 0 unspecified atom stereocenters. The van der Waals surface area contributed by atoms with Crippen molar-refractivity contribution in [2.45, 2.75) is 39.0 Å². The number of hydrogen-bond donors (Lipinski definition) is 1. The number of rotatable bonds is 6. The third-order valence-corrected chi connectivity index (χ3v) is 3.41. The molecule has 0 spiro atoms. The minimum Gasteiger partial charge on any atom is -0.369 e. The standard InChI is InChI=1S/C14H24N4/c1-2-6-13-11-14(17-12-16-13)15-7-10-18-8-4-3-5-9-18/h11-12H,2-10H2,1H3,(H,15,16,17). The summed E-state index contributed by atoms with van der Waals surface area (Å²) in [7, 11) is 0. The average molecular weight is 248 g/mol. The highest BCUT2D eigenvalue weighted by Crippen LogP contribution is 2.09. The van der Waals surface area contributed by atoms with Crippen LogP contribution in [0.1, 0.15) is 38.3 Å². The van der Waals surface area contributed by atoms with Crippen molar-refractivity contribution >= 4 is 5.82 Å². The van der Waals surface area contributed by atoms with Crippen LogP contribution in [0, 0.1) is 0 Å². The van der Waals surface area contributed by atoms with E-state index in [2.05, 4.69) is 33.2 Å². The smallest absolute Gasteiger partial charge is 0.129 e. The van der Waals surface area contributed by atoms with E-state index in [1.54, 1.807) is 6.33 Å². The second-order valence-electron chi connectivity index (χ2n) is 4.97. The SMILES string of the molecule is CCCc1cc(NCCN2CCCCC2)ncn1. The first-order chi connectivity index (χ1) is 8.88. The first kappa shape index (κ1) is 13.3. The maximum Gasteiger partial charge on any atom is 0.129 e. The van der Waals surface area contributed by atoms with Crippen LogP contribution < -0.4 is 5.32 Å². The Morgan fingerprint density at radius 1 is 1.22 bits per heavy atom. The number of likely N-dealkylation sites (tertiary alicyclic amines) is 1. The molecule has 0 aliphatic carbocycles. The van der Waals surface area contributed by atoms with Crippen molar-refractivity contribution in [1.29, 1.82) is 0 Å². The zero-order valence-electron chi connectivity index (χ0n) is 11.4. The molecule has 1 saturated heterocycles. The molecular weight excluding hydrogens is 224 g/mol. The van der Waals surface area contributed by atoms with Gasteiger partial charge >= 0.3 is 0 Å². The highest BCUT2D eigenvalue weighted by molar-refractivity contribution is 5.34. The third kappa shape index (κ3) is 4.26. The van der Waals surface area contributed by atoms with Gasteiger partial charge in [0.1, 0.15) is 12.1 Å². The summed E-state index contributed by atoms with van der Waals surface area (Å²) < 4.78 is 0. The van der Waals surface area contributed by atoms with Gasteiger partial charge in [-0.15, -0.1) is 0 Å². The summed E-state index contributed by atoms with van der Waals surface area (Å²) >= 11 is 0. The van der Waals surface area contributed by atoms with E-state index >= 15 is 0 Å². The topological polar surface area (TPSA) is 41.0 Å². The van der Waals surface area contributed by atoms with E-state index in [4.69, 9.17) is 0 Å². The van der Waals surface area contributed by atoms with Crippen molar-refractivity contribution in [1.82, 2.24) is 14.9 Å². The van der Waals surface area contributed by atoms with Gasteiger partial charge in [-0.3, -0.25) is 0 Å². The van der Waals surface area contributed by atoms with Crippen LogP contribution in [0.15, 0.2) is 12.4 Å². The lowest BCUT2D eigenvalue weighted by Gasteiger charge is -2.26. The van der Waals surface area contributed by atoms with Gasteiger partial charge in [-0.2, -0.15) is 0 Å². The molecule has 4 heteroatoms. The second kappa shape index (κ2) is 7.31. The van der Waals surface area contributed by atoms with E-state index in [1.807, 2.05) is 0 Å². The maximum absolute atomic E-state index is 4.27. The summed E-state index contributed by atoms with van der Waals surface area (Å²) in [4.78, 5) is 11.1. The van der Waals surface area contributed by atoms with Gasteiger partial charge in [0.2, 0.25) is 0 Å². The Bertz CT molecular complexity index is 347. The molecule has 0 aromatic carbocycles. The Hall–Kier alpha value is -1.16. The molecule has 1 aromatic heterocycles. The lowest BCUT2D eigenvalue weighted by atomic mass is 10.1. The van der Waals surface area contributed by atoms with Crippen LogP contribution in [-0.2, 0) is 6.42 Å². The minimum absolute atomic E-state index is 0.963. The molecular formula is C14H24N4. The lowest BCUT2D eigenvalue weighted by molar-refractivity contribution is 0.237. The number of hydrogen-bond acceptors (Lipinski definition) is 4. The molecule has 100 valence electrons. The van der Waals surface area contributed by atoms with Crippen LogP contribution in [0.5, 0.6) is 0 Å². The summed E-state index contributed by atoms with van der Waals surface area (Å²) in [5, 5.41) is 3.40. The summed E-state index contributed by atoms with van der Waals surface area (Å²) in [6, 6.07) is 2.07. The second-order valence-corrected chi connectivity index (χ2v) is 4.97. The van der Waals surface area contributed by atoms with Crippen molar-refractivity contribution in [3.05, 3.63) is 18.1 Å². The molecule has 2 heterocycles. The fourth-order valence-electron chi connectivity index (χ4n) is 2.41. The molecule has 18 heavy (non-hydrogen) atoms. The third-order valence-electron chi connectivity index (χ3n) is 3.41. The molecule has 4 nitrogen and oxygen atoms in total. The van der Waals surface area contributed by atoms with Crippen LogP contribution in [0.2, 0.25) is 0 Å². The number of anilines is 1. The Morgan fingerprint density at radius 3 is 2.83 bits per heavy atom. The molecule has 1 fully saturated rings. The van der Waals surface area contributed by atoms with Gasteiger partial charge in [0.25, 0.3) is 0 Å². The van der Waals surface area contributed by atoms with Crippen LogP contribution in [0.4, 0.5) is 5.82 Å². The van der Waals surface area contributed by atoms with E-state index in [0.717, 1.165) is 37.4 Å². The van der Waals surface area contributed by atoms with Gasteiger partial charge in [0.15, 0.2) is 0 Å². The molecule has 0 bridgehead atoms. The van der Waals surface area contributed by atoms with Gasteiger partial charge in [-0.1, -0.05) is 19.8 Å². The number of aryl methyl sites for hydroxylation is 1. The van der Waals surface area contributed by atoms with E-state index in [1.165, 1.54) is 32.4 Å². The van der Waals surface area contributed by atoms with Crippen molar-refractivity contribution in [2.24, 2.45) is 0 Å². The van der Waals surface area contributed by atoms with Gasteiger partial charge in [0.05, 0.1) is 0 Å². The maximum atomic E-state index is 4.27. The number of nitrogens with zero attached hydrogens (tertiary/aromatic N) is 3. The zero-order valence-corrected chi connectivity index (χ0v) is 11.4. The molecule has 1 N–H and O–H groups in total. The molecule has 0 saturated carbocycles. The van der Waals surface area contributed by atoms with E-state index < -0.39 is 0 Å². The van der Waals surface area contributed by atoms with Gasteiger partial charge < -0.3 is 10.2 Å². The summed E-state index contributed by atoms with van der Waals surface area (Å²) in [6.45, 7) is 6.78. The fraction of sp³-hybridized carbons (Fsp3) is 0.714. The first-order valence-corrected chi connectivity index (χ1v) is 7.15. The Balaban J connectivity index is 1.73. The lowest BCUT2D eigenvalue weighted by Crippen LogP contribution is -2.33. The number of aromatic nitrogens is 2. The highest BCUT2D eigenvalue weighted by Gasteiger charge is 2.09. The molecule has 0 radical (unpaired) electrons. The fourth-order valence-corrected chi connectivity index (χ4v) is 2.41. The zero-order chi connectivity index (χ0) is 12.6. The molecule has 1 aromatic rings. The van der Waals surface area contributed by atoms with Crippen molar-refractivity contribution in [3.8, 4) is 0 Å². The largest absolute Gasteiger partial charge is 0.369 e. The summed E-state index contributed by atoms with van der Waals surface area (Å²) in [5.74, 6) is 0.963. The van der Waals surface area contributed by atoms with E-state index in [0.29, 0.717) is 0 Å². The normalized spacial score (nSPS) is 16.7. The van der Waals surface area contributed by atoms with Crippen LogP contribution in [0.3, 0.4) is 0 Å². The first-order valence-electron chi connectivity index (χ1n) is 7.15. The van der Waals surface area contributed by atoms with Crippen molar-refractivity contribution < 1.29 is 0 Å². The van der Waals surface area contributed by atoms with Gasteiger partial charge in [0, 0.05) is 24.8 Å². The Morgan fingerprint density at radius 2 is 2.06 bits per heavy atom. The summed E-state index contributed by atoms with van der Waals surface area (Å²) in [5.41, 5.74) is 1.13. The highest BCUT2D eigenvalue weighted by atomic mass is 15.1. The monoisotopic (exact) mass is 248 g/mol. The van der Waals surface area contributed by atoms with Crippen LogP contribution in [0.25, 0.3) is 0 Å². The Kier molecular flexibility index (Phi) is 5.39. The van der Waals surface area contributed by atoms with Gasteiger partial charge in [-0.25, -0.2) is 9.97 Å². The molecule has 2 rings (SSSR count). The van der Waals surface area contributed by atoms with Crippen LogP contribution >= 0.6 is 0 Å². The Labute approximate surface area is 110 Å². The van der Waals surface area contributed by atoms with E-state index in [-0.39, 0.29) is 0 Å². The molecule has 1 aliphatic rings. The van der Waals surface area contributed by atoms with E-state index in [9.17, 15) is 0 Å². The summed E-state index contributed by atoms with van der Waals surface area (Å²) in [6.07, 6.45) is 7.93. The average Bonchev–Trinajstić information content (AvgIpc) is 2.41. The number of piperidine rings is 1. The van der Waals surface area contributed by atoms with Gasteiger partial charge in [-0.05, 0) is 32.4 Å². The predicted octanol–water partition coefficient (Wildman–Crippen LogP) is 2.33. The van der Waals surface area contributed by atoms with Crippen molar-refractivity contribution in [3.63, 3.8) is 0 Å². The molecule has 0 atom stereocenters. The van der Waals surface area contributed by atoms with Crippen molar-refractivity contribution in [2.75, 3.05) is 31.5 Å². The molecule has 0 amide bonds. The molecule has 1 aliphatic heterocycles. The predicted molar refractivity (Wildman–Crippen MR) is 74.8 cm³/mol. The quantitative estimate of drug-likeness (QED) is 0.839.